The first-order valence-electron chi connectivity index (χ1n) is 12.2. The summed E-state index contributed by atoms with van der Waals surface area (Å²) in [4.78, 5) is 26.1. The summed E-state index contributed by atoms with van der Waals surface area (Å²) in [5.74, 6) is -1.76. The number of carbonyl (C=O) groups excluding carboxylic acids is 1. The van der Waals surface area contributed by atoms with Gasteiger partial charge in [-0.3, -0.25) is 18.8 Å². The summed E-state index contributed by atoms with van der Waals surface area (Å²) < 4.78 is 27.4. The average Bonchev–Trinajstić information content (AvgIpc) is 2.83. The highest BCUT2D eigenvalue weighted by atomic mass is 35.5. The van der Waals surface area contributed by atoms with Gasteiger partial charge < -0.3 is 10.4 Å². The highest BCUT2D eigenvalue weighted by molar-refractivity contribution is 7.92. The fourth-order valence-electron chi connectivity index (χ4n) is 4.79. The summed E-state index contributed by atoms with van der Waals surface area (Å²) >= 11 is 12.2. The molecule has 1 heterocycles. The lowest BCUT2D eigenvalue weighted by molar-refractivity contribution is -0.138. The van der Waals surface area contributed by atoms with E-state index in [4.69, 9.17) is 28.3 Å². The Morgan fingerprint density at radius 2 is 1.49 bits per heavy atom. The SMILES string of the molecule is Cc1cc(C(=O)N[C@@H](C)C(=O)O)cc(N(C2CN(C(c3ccc(Cl)cc3)c3ccc(Cl)cc3)C2)S(C)(=O)=O)c1. The molecule has 1 atom stereocenters. The van der Waals surface area contributed by atoms with Crippen LogP contribution >= 0.6 is 23.2 Å². The van der Waals surface area contributed by atoms with Crippen LogP contribution in [-0.4, -0.2) is 61.7 Å². The Bertz CT molecular complexity index is 1430. The number of nitrogens with one attached hydrogen (secondary N) is 1. The lowest BCUT2D eigenvalue weighted by Crippen LogP contribution is -2.61. The van der Waals surface area contributed by atoms with Gasteiger partial charge in [-0.1, -0.05) is 47.5 Å². The molecule has 0 saturated carbocycles. The molecule has 3 aromatic carbocycles. The predicted molar refractivity (Wildman–Crippen MR) is 153 cm³/mol. The molecule has 1 saturated heterocycles. The molecule has 0 aliphatic carbocycles. The molecule has 1 aliphatic rings. The van der Waals surface area contributed by atoms with Crippen LogP contribution in [0, 0.1) is 6.92 Å². The van der Waals surface area contributed by atoms with Gasteiger partial charge >= 0.3 is 5.97 Å². The number of likely N-dealkylation sites (tertiary alicyclic amines) is 1. The Morgan fingerprint density at radius 3 is 1.95 bits per heavy atom. The van der Waals surface area contributed by atoms with Crippen molar-refractivity contribution in [3.63, 3.8) is 0 Å². The van der Waals surface area contributed by atoms with Crippen LogP contribution in [0.25, 0.3) is 0 Å². The van der Waals surface area contributed by atoms with Crippen LogP contribution in [0.15, 0.2) is 66.7 Å². The molecule has 0 radical (unpaired) electrons. The highest BCUT2D eigenvalue weighted by Crippen LogP contribution is 2.37. The molecule has 8 nitrogen and oxygen atoms in total. The van der Waals surface area contributed by atoms with Crippen molar-refractivity contribution >= 4 is 50.8 Å². The van der Waals surface area contributed by atoms with Crippen molar-refractivity contribution in [3.8, 4) is 0 Å². The zero-order valence-corrected chi connectivity index (χ0v) is 24.0. The number of carboxylic acids is 1. The van der Waals surface area contributed by atoms with Gasteiger partial charge in [0.25, 0.3) is 5.91 Å². The summed E-state index contributed by atoms with van der Waals surface area (Å²) in [5, 5.41) is 12.8. The van der Waals surface area contributed by atoms with Crippen LogP contribution in [0.2, 0.25) is 10.0 Å². The number of aryl methyl sites for hydroxylation is 1. The van der Waals surface area contributed by atoms with Crippen molar-refractivity contribution in [2.45, 2.75) is 32.0 Å². The van der Waals surface area contributed by atoms with E-state index in [9.17, 15) is 18.0 Å². The number of anilines is 1. The topological polar surface area (TPSA) is 107 Å². The van der Waals surface area contributed by atoms with Crippen LogP contribution in [-0.2, 0) is 14.8 Å². The second kappa shape index (κ2) is 11.6. The smallest absolute Gasteiger partial charge is 0.325 e. The molecule has 39 heavy (non-hydrogen) atoms. The lowest BCUT2D eigenvalue weighted by atomic mass is 9.93. The van der Waals surface area contributed by atoms with Crippen LogP contribution in [0.4, 0.5) is 5.69 Å². The number of sulfonamides is 1. The van der Waals surface area contributed by atoms with Gasteiger partial charge in [-0.2, -0.15) is 0 Å². The molecule has 0 unspecified atom stereocenters. The molecule has 0 bridgehead atoms. The summed E-state index contributed by atoms with van der Waals surface area (Å²) in [6.45, 7) is 4.00. The van der Waals surface area contributed by atoms with E-state index >= 15 is 0 Å². The Balaban J connectivity index is 1.63. The predicted octanol–water partition coefficient (Wildman–Crippen LogP) is 4.74. The van der Waals surface area contributed by atoms with E-state index in [2.05, 4.69) is 10.2 Å². The minimum Gasteiger partial charge on any atom is -0.480 e. The lowest BCUT2D eigenvalue weighted by Gasteiger charge is -2.49. The maximum absolute atomic E-state index is 13.0. The normalized spacial score (nSPS) is 15.0. The van der Waals surface area contributed by atoms with Crippen molar-refractivity contribution < 1.29 is 23.1 Å². The average molecular weight is 591 g/mol. The van der Waals surface area contributed by atoms with Gasteiger partial charge in [0.05, 0.1) is 24.0 Å². The fourth-order valence-corrected chi connectivity index (χ4v) is 6.20. The molecule has 0 aromatic heterocycles. The fraction of sp³-hybridized carbons (Fsp3) is 0.286. The molecular formula is C28H29Cl2N3O5S. The third kappa shape index (κ3) is 6.73. The van der Waals surface area contributed by atoms with E-state index < -0.39 is 27.9 Å². The summed E-state index contributed by atoms with van der Waals surface area (Å²) in [5.41, 5.74) is 3.22. The van der Waals surface area contributed by atoms with Gasteiger partial charge in [-0.25, -0.2) is 8.42 Å². The minimum absolute atomic E-state index is 0.145. The third-order valence-corrected chi connectivity index (χ3v) is 8.34. The van der Waals surface area contributed by atoms with Gasteiger partial charge in [0.1, 0.15) is 6.04 Å². The van der Waals surface area contributed by atoms with Crippen molar-refractivity contribution in [1.29, 1.82) is 0 Å². The van der Waals surface area contributed by atoms with Crippen molar-refractivity contribution in [2.75, 3.05) is 23.7 Å². The molecule has 1 amide bonds. The van der Waals surface area contributed by atoms with Gasteiger partial charge in [-0.15, -0.1) is 0 Å². The zero-order chi connectivity index (χ0) is 28.5. The third-order valence-electron chi connectivity index (χ3n) is 6.61. The van der Waals surface area contributed by atoms with Crippen LogP contribution in [0.5, 0.6) is 0 Å². The number of aliphatic carboxylic acids is 1. The van der Waals surface area contributed by atoms with E-state index in [0.717, 1.165) is 17.4 Å². The maximum atomic E-state index is 13.0. The molecule has 4 rings (SSSR count). The molecule has 1 fully saturated rings. The molecule has 1 aliphatic heterocycles. The van der Waals surface area contributed by atoms with E-state index in [0.29, 0.717) is 34.4 Å². The standard InChI is InChI=1S/C28H29Cl2N3O5S/c1-17-12-21(27(34)31-18(2)28(35)36)14-24(13-17)33(39(3,37)38)25-15-32(16-25)26(19-4-8-22(29)9-5-19)20-6-10-23(30)11-7-20/h4-14,18,25-26H,15-16H2,1-3H3,(H,31,34)(H,35,36)/t18-/m0/s1. The van der Waals surface area contributed by atoms with Crippen molar-refractivity contribution in [2.24, 2.45) is 0 Å². The Kier molecular flexibility index (Phi) is 8.56. The van der Waals surface area contributed by atoms with E-state index in [1.807, 2.05) is 48.5 Å². The van der Waals surface area contributed by atoms with Crippen molar-refractivity contribution in [1.82, 2.24) is 10.2 Å². The Hall–Kier alpha value is -3.11. The number of halogens is 2. The number of amides is 1. The van der Waals surface area contributed by atoms with Gasteiger partial charge in [0.2, 0.25) is 10.0 Å². The van der Waals surface area contributed by atoms with E-state index in [1.54, 1.807) is 19.1 Å². The number of rotatable bonds is 9. The summed E-state index contributed by atoms with van der Waals surface area (Å²) in [6.07, 6.45) is 1.14. The molecule has 3 aromatic rings. The first kappa shape index (κ1) is 28.9. The number of benzene rings is 3. The number of carbonyl (C=O) groups is 2. The second-order valence-electron chi connectivity index (χ2n) is 9.76. The van der Waals surface area contributed by atoms with Crippen molar-refractivity contribution in [3.05, 3.63) is 99.0 Å². The Morgan fingerprint density at radius 1 is 0.974 bits per heavy atom. The minimum atomic E-state index is -3.72. The number of nitrogens with zero attached hydrogens (tertiary/aromatic N) is 2. The quantitative estimate of drug-likeness (QED) is 0.373. The number of carboxylic acid groups (broad SMARTS) is 1. The van der Waals surface area contributed by atoms with E-state index in [1.165, 1.54) is 17.3 Å². The second-order valence-corrected chi connectivity index (χ2v) is 12.5. The van der Waals surface area contributed by atoms with Crippen LogP contribution < -0.4 is 9.62 Å². The summed E-state index contributed by atoms with van der Waals surface area (Å²) in [7, 11) is -3.72. The first-order chi connectivity index (χ1) is 18.3. The molecule has 206 valence electrons. The molecule has 0 spiro atoms. The molecule has 2 N–H and O–H groups in total. The number of hydrogen-bond acceptors (Lipinski definition) is 5. The zero-order valence-electron chi connectivity index (χ0n) is 21.6. The number of hydrogen-bond donors (Lipinski definition) is 2. The van der Waals surface area contributed by atoms with Gasteiger partial charge in [-0.05, 0) is 73.0 Å². The largest absolute Gasteiger partial charge is 0.480 e. The van der Waals surface area contributed by atoms with Crippen LogP contribution in [0.1, 0.15) is 40.0 Å². The molecule has 11 heteroatoms. The van der Waals surface area contributed by atoms with Gasteiger partial charge in [0.15, 0.2) is 0 Å². The Labute approximate surface area is 238 Å². The molecular weight excluding hydrogens is 561 g/mol. The summed E-state index contributed by atoms with van der Waals surface area (Å²) in [6, 6.07) is 18.3. The van der Waals surface area contributed by atoms with E-state index in [-0.39, 0.29) is 17.6 Å². The van der Waals surface area contributed by atoms with Gasteiger partial charge in [0, 0.05) is 28.7 Å². The monoisotopic (exact) mass is 589 g/mol. The van der Waals surface area contributed by atoms with Crippen LogP contribution in [0.3, 0.4) is 0 Å². The first-order valence-corrected chi connectivity index (χ1v) is 14.8. The maximum Gasteiger partial charge on any atom is 0.325 e. The highest BCUT2D eigenvalue weighted by Gasteiger charge is 2.41.